The van der Waals surface area contributed by atoms with Gasteiger partial charge in [0.05, 0.1) is 13.0 Å². The monoisotopic (exact) mass is 365 g/mol. The smallest absolute Gasteiger partial charge is 0.321 e. The van der Waals surface area contributed by atoms with Crippen LogP contribution in [0.1, 0.15) is 39.5 Å². The van der Waals surface area contributed by atoms with Gasteiger partial charge in [-0.05, 0) is 44.2 Å². The van der Waals surface area contributed by atoms with Gasteiger partial charge >= 0.3 is 5.97 Å². The topological polar surface area (TPSA) is 102 Å². The fourth-order valence-electron chi connectivity index (χ4n) is 2.64. The summed E-state index contributed by atoms with van der Waals surface area (Å²) in [7, 11) is 0. The highest BCUT2D eigenvalue weighted by Gasteiger charge is 2.20. The molecule has 0 fully saturated rings. The maximum atomic E-state index is 12.1. The minimum Gasteiger partial charge on any atom is -0.480 e. The third-order valence-corrected chi connectivity index (χ3v) is 4.13. The van der Waals surface area contributed by atoms with Crippen LogP contribution in [0.5, 0.6) is 0 Å². The van der Waals surface area contributed by atoms with Crippen molar-refractivity contribution in [3.05, 3.63) is 24.3 Å². The highest BCUT2D eigenvalue weighted by atomic mass is 16.4. The Morgan fingerprint density at radius 3 is 2.38 bits per heavy atom. The third kappa shape index (κ3) is 7.84. The number of hydrogen-bond acceptors (Lipinski definition) is 5. The van der Waals surface area contributed by atoms with Gasteiger partial charge in [0.15, 0.2) is 0 Å². The summed E-state index contributed by atoms with van der Waals surface area (Å²) in [6.45, 7) is 6.07. The Balaban J connectivity index is 2.55. The summed E-state index contributed by atoms with van der Waals surface area (Å²) >= 11 is 0. The Hall–Kier alpha value is -2.12. The summed E-state index contributed by atoms with van der Waals surface area (Å²) in [4.78, 5) is 25.5. The number of rotatable bonds is 13. The number of nitrogens with one attached hydrogen (secondary N) is 2. The molecule has 7 heteroatoms. The summed E-state index contributed by atoms with van der Waals surface area (Å²) < 4.78 is 0. The molecule has 0 saturated carbocycles. The number of benzene rings is 1. The van der Waals surface area contributed by atoms with Crippen LogP contribution in [-0.2, 0) is 9.59 Å². The molecule has 0 spiro atoms. The molecule has 0 aromatic heterocycles. The summed E-state index contributed by atoms with van der Waals surface area (Å²) in [5.74, 6) is -1.36. The molecule has 0 saturated heterocycles. The van der Waals surface area contributed by atoms with Gasteiger partial charge in [-0.25, -0.2) is 0 Å². The molecule has 1 aromatic rings. The van der Waals surface area contributed by atoms with E-state index < -0.39 is 12.0 Å². The maximum absolute atomic E-state index is 12.1. The highest BCUT2D eigenvalue weighted by Crippen LogP contribution is 2.18. The summed E-state index contributed by atoms with van der Waals surface area (Å²) in [6, 6.07) is 6.40. The molecule has 7 nitrogen and oxygen atoms in total. The largest absolute Gasteiger partial charge is 0.480 e. The second kappa shape index (κ2) is 12.3. The fraction of sp³-hybridized carbons (Fsp3) is 0.579. The zero-order chi connectivity index (χ0) is 19.4. The van der Waals surface area contributed by atoms with Crippen LogP contribution in [0.2, 0.25) is 0 Å². The van der Waals surface area contributed by atoms with Gasteiger partial charge in [0.25, 0.3) is 0 Å². The van der Waals surface area contributed by atoms with Crippen molar-refractivity contribution >= 4 is 23.3 Å². The second-order valence-electron chi connectivity index (χ2n) is 6.15. The number of hydrogen-bond donors (Lipinski definition) is 4. The predicted octanol–water partition coefficient (Wildman–Crippen LogP) is 2.07. The van der Waals surface area contributed by atoms with E-state index in [1.165, 1.54) is 0 Å². The first-order valence-corrected chi connectivity index (χ1v) is 9.23. The van der Waals surface area contributed by atoms with E-state index in [9.17, 15) is 14.7 Å². The van der Waals surface area contributed by atoms with E-state index in [0.29, 0.717) is 18.8 Å². The number of carbonyl (C=O) groups excluding carboxylic acids is 1. The Morgan fingerprint density at radius 2 is 1.85 bits per heavy atom. The number of carboxylic acid groups (broad SMARTS) is 1. The van der Waals surface area contributed by atoms with Crippen LogP contribution >= 0.6 is 0 Å². The maximum Gasteiger partial charge on any atom is 0.321 e. The quantitative estimate of drug-likeness (QED) is 0.399. The molecular formula is C19H31N3O4. The van der Waals surface area contributed by atoms with Gasteiger partial charge in [0.1, 0.15) is 6.04 Å². The number of aliphatic hydroxyl groups is 1. The molecule has 0 radical (unpaired) electrons. The Labute approximate surface area is 155 Å². The average molecular weight is 365 g/mol. The lowest BCUT2D eigenvalue weighted by atomic mass is 10.1. The normalized spacial score (nSPS) is 11.8. The number of carboxylic acids is 1. The van der Waals surface area contributed by atoms with Gasteiger partial charge < -0.3 is 25.7 Å². The molecule has 1 atom stereocenters. The van der Waals surface area contributed by atoms with Crippen molar-refractivity contribution in [2.45, 2.75) is 45.6 Å². The van der Waals surface area contributed by atoms with Crippen molar-refractivity contribution in [1.82, 2.24) is 5.32 Å². The Morgan fingerprint density at radius 1 is 1.15 bits per heavy atom. The average Bonchev–Trinajstić information content (AvgIpc) is 2.63. The first kappa shape index (κ1) is 21.9. The van der Waals surface area contributed by atoms with Gasteiger partial charge in [0, 0.05) is 24.5 Å². The molecule has 1 amide bonds. The van der Waals surface area contributed by atoms with Crippen LogP contribution < -0.4 is 15.5 Å². The lowest BCUT2D eigenvalue weighted by Crippen LogP contribution is -2.40. The first-order valence-electron chi connectivity index (χ1n) is 9.23. The summed E-state index contributed by atoms with van der Waals surface area (Å²) in [5.41, 5.74) is 1.58. The summed E-state index contributed by atoms with van der Waals surface area (Å²) in [5, 5.41) is 24.0. The van der Waals surface area contributed by atoms with E-state index in [2.05, 4.69) is 17.6 Å². The van der Waals surface area contributed by atoms with E-state index >= 15 is 0 Å². The van der Waals surface area contributed by atoms with Crippen molar-refractivity contribution in [2.24, 2.45) is 0 Å². The first-order chi connectivity index (χ1) is 12.5. The minimum absolute atomic E-state index is 0.0775. The van der Waals surface area contributed by atoms with Gasteiger partial charge in [0.2, 0.25) is 5.91 Å². The third-order valence-electron chi connectivity index (χ3n) is 4.13. The lowest BCUT2D eigenvalue weighted by Gasteiger charge is -2.22. The van der Waals surface area contributed by atoms with Crippen LogP contribution in [0, 0.1) is 0 Å². The molecule has 0 aliphatic rings. The second-order valence-corrected chi connectivity index (χ2v) is 6.15. The number of anilines is 2. The molecule has 0 heterocycles. The number of nitrogens with zero attached hydrogens (tertiary/aromatic N) is 1. The molecule has 0 aliphatic heterocycles. The van der Waals surface area contributed by atoms with E-state index in [1.54, 1.807) is 12.1 Å². The molecule has 4 N–H and O–H groups in total. The standard InChI is InChI=1S/C19H31N3O4/c1-3-5-6-11-20-17(19(25)26)14-18(24)21-15-7-9-16(10-8-15)22(4-2)12-13-23/h7-10,17,20,23H,3-6,11-14H2,1-2H3,(H,21,24)(H,25,26). The SMILES string of the molecule is CCCCCNC(CC(=O)Nc1ccc(N(CC)CCO)cc1)C(=O)O. The van der Waals surface area contributed by atoms with Gasteiger partial charge in [-0.3, -0.25) is 9.59 Å². The number of aliphatic hydroxyl groups excluding tert-OH is 1. The molecule has 26 heavy (non-hydrogen) atoms. The van der Waals surface area contributed by atoms with Gasteiger partial charge in [-0.15, -0.1) is 0 Å². The highest BCUT2D eigenvalue weighted by molar-refractivity contribution is 5.94. The Kier molecular flexibility index (Phi) is 10.3. The molecule has 1 rings (SSSR count). The lowest BCUT2D eigenvalue weighted by molar-refractivity contribution is -0.141. The molecule has 0 aliphatic carbocycles. The van der Waals surface area contributed by atoms with E-state index in [1.807, 2.05) is 24.0 Å². The number of likely N-dealkylation sites (N-methyl/N-ethyl adjacent to an activating group) is 1. The van der Waals surface area contributed by atoms with Crippen molar-refractivity contribution in [1.29, 1.82) is 0 Å². The van der Waals surface area contributed by atoms with Crippen molar-refractivity contribution < 1.29 is 19.8 Å². The molecule has 0 bridgehead atoms. The number of carbonyl (C=O) groups is 2. The van der Waals surface area contributed by atoms with Crippen LogP contribution in [0.25, 0.3) is 0 Å². The zero-order valence-electron chi connectivity index (χ0n) is 15.7. The van der Waals surface area contributed by atoms with Crippen LogP contribution in [0.4, 0.5) is 11.4 Å². The van der Waals surface area contributed by atoms with E-state index in [4.69, 9.17) is 5.11 Å². The van der Waals surface area contributed by atoms with Crippen LogP contribution in [0.15, 0.2) is 24.3 Å². The molecule has 1 unspecified atom stereocenters. The minimum atomic E-state index is -1.02. The Bertz CT molecular complexity index is 548. The van der Waals surface area contributed by atoms with Crippen LogP contribution in [-0.4, -0.2) is 54.4 Å². The van der Waals surface area contributed by atoms with Crippen molar-refractivity contribution in [2.75, 3.05) is 36.5 Å². The van der Waals surface area contributed by atoms with Gasteiger partial charge in [-0.2, -0.15) is 0 Å². The zero-order valence-corrected chi connectivity index (χ0v) is 15.7. The van der Waals surface area contributed by atoms with Crippen molar-refractivity contribution in [3.63, 3.8) is 0 Å². The van der Waals surface area contributed by atoms with E-state index in [0.717, 1.165) is 31.5 Å². The fourth-order valence-corrected chi connectivity index (χ4v) is 2.64. The molecule has 146 valence electrons. The van der Waals surface area contributed by atoms with Gasteiger partial charge in [-0.1, -0.05) is 19.8 Å². The summed E-state index contributed by atoms with van der Waals surface area (Å²) in [6.07, 6.45) is 2.87. The molecule has 1 aromatic carbocycles. The number of unbranched alkanes of at least 4 members (excludes halogenated alkanes) is 2. The molecular weight excluding hydrogens is 334 g/mol. The van der Waals surface area contributed by atoms with E-state index in [-0.39, 0.29) is 18.9 Å². The van der Waals surface area contributed by atoms with Crippen LogP contribution in [0.3, 0.4) is 0 Å². The number of aliphatic carboxylic acids is 1. The van der Waals surface area contributed by atoms with Crippen molar-refractivity contribution in [3.8, 4) is 0 Å². The number of amides is 1. The predicted molar refractivity (Wildman–Crippen MR) is 104 cm³/mol.